The van der Waals surface area contributed by atoms with Crippen molar-refractivity contribution in [1.82, 2.24) is 0 Å². The molecular formula is C12H9Br2O2P. The number of benzene rings is 2. The maximum atomic E-state index is 5.47. The monoisotopic (exact) mass is 374 g/mol. The minimum atomic E-state index is -0.0499. The fraction of sp³-hybridized carbons (Fsp3) is 0. The van der Waals surface area contributed by atoms with Crippen LogP contribution in [0.5, 0.6) is 11.5 Å². The van der Waals surface area contributed by atoms with Crippen LogP contribution >= 0.6 is 40.9 Å². The van der Waals surface area contributed by atoms with E-state index in [2.05, 4.69) is 31.9 Å². The van der Waals surface area contributed by atoms with Crippen molar-refractivity contribution < 1.29 is 9.05 Å². The third kappa shape index (κ3) is 4.30. The molecule has 0 atom stereocenters. The predicted octanol–water partition coefficient (Wildman–Crippen LogP) is 5.18. The zero-order chi connectivity index (χ0) is 12.1. The molecule has 0 aliphatic heterocycles. The summed E-state index contributed by atoms with van der Waals surface area (Å²) < 4.78 is 13.0. The van der Waals surface area contributed by atoms with Crippen LogP contribution in [0, 0.1) is 0 Å². The highest BCUT2D eigenvalue weighted by atomic mass is 79.9. The van der Waals surface area contributed by atoms with Crippen LogP contribution < -0.4 is 9.05 Å². The molecule has 0 aliphatic rings. The van der Waals surface area contributed by atoms with E-state index in [0.717, 1.165) is 20.4 Å². The van der Waals surface area contributed by atoms with E-state index in [4.69, 9.17) is 9.05 Å². The first kappa shape index (κ1) is 12.9. The molecule has 2 aromatic rings. The third-order valence-corrected chi connectivity index (χ3v) is 3.64. The summed E-state index contributed by atoms with van der Waals surface area (Å²) in [6, 6.07) is 15.3. The quantitative estimate of drug-likeness (QED) is 0.685. The van der Waals surface area contributed by atoms with Crippen LogP contribution in [0.3, 0.4) is 0 Å². The third-order valence-electron chi connectivity index (χ3n) is 1.95. The standard InChI is InChI=1S/C12H9Br2O2P/c13-9-1-5-11(6-2-9)15-17-16-12-7-3-10(14)4-8-12/h1-8,17H. The SMILES string of the molecule is Brc1ccc(OPOc2ccc(Br)cc2)cc1. The fourth-order valence-corrected chi connectivity index (χ4v) is 2.16. The van der Waals surface area contributed by atoms with E-state index in [9.17, 15) is 0 Å². The molecule has 5 heteroatoms. The second-order valence-corrected chi connectivity index (χ2v) is 5.60. The van der Waals surface area contributed by atoms with Gasteiger partial charge in [0.05, 0.1) is 0 Å². The zero-order valence-corrected chi connectivity index (χ0v) is 12.9. The summed E-state index contributed by atoms with van der Waals surface area (Å²) in [5.41, 5.74) is 0. The molecule has 0 N–H and O–H groups in total. The summed E-state index contributed by atoms with van der Waals surface area (Å²) in [6.45, 7) is 0. The molecule has 88 valence electrons. The van der Waals surface area contributed by atoms with Crippen molar-refractivity contribution in [2.75, 3.05) is 0 Å². The normalized spacial score (nSPS) is 10.0. The highest BCUT2D eigenvalue weighted by Gasteiger charge is 1.96. The lowest BCUT2D eigenvalue weighted by molar-refractivity contribution is 0.516. The lowest BCUT2D eigenvalue weighted by Gasteiger charge is -2.07. The number of hydrogen-bond donors (Lipinski definition) is 0. The highest BCUT2D eigenvalue weighted by molar-refractivity contribution is 9.10. The maximum Gasteiger partial charge on any atom is 0.275 e. The molecule has 0 spiro atoms. The average Bonchev–Trinajstić information content (AvgIpc) is 2.34. The van der Waals surface area contributed by atoms with Gasteiger partial charge in [0.15, 0.2) is 0 Å². The molecular weight excluding hydrogens is 367 g/mol. The van der Waals surface area contributed by atoms with Crippen LogP contribution in [0.4, 0.5) is 0 Å². The van der Waals surface area contributed by atoms with E-state index in [1.165, 1.54) is 0 Å². The molecule has 0 aliphatic carbocycles. The Hall–Kier alpha value is -0.570. The van der Waals surface area contributed by atoms with Gasteiger partial charge in [-0.1, -0.05) is 31.9 Å². The lowest BCUT2D eigenvalue weighted by atomic mass is 10.3. The topological polar surface area (TPSA) is 18.5 Å². The van der Waals surface area contributed by atoms with Crippen LogP contribution in [0.1, 0.15) is 0 Å². The molecule has 0 fully saturated rings. The van der Waals surface area contributed by atoms with Crippen molar-refractivity contribution in [2.45, 2.75) is 0 Å². The summed E-state index contributed by atoms with van der Waals surface area (Å²) >= 11 is 6.74. The van der Waals surface area contributed by atoms with Crippen LogP contribution in [0.25, 0.3) is 0 Å². The molecule has 0 saturated heterocycles. The average molecular weight is 376 g/mol. The van der Waals surface area contributed by atoms with Gasteiger partial charge < -0.3 is 9.05 Å². The first-order valence-electron chi connectivity index (χ1n) is 4.84. The second kappa shape index (κ2) is 6.39. The van der Waals surface area contributed by atoms with E-state index >= 15 is 0 Å². The maximum absolute atomic E-state index is 5.47. The molecule has 2 aromatic carbocycles. The van der Waals surface area contributed by atoms with Gasteiger partial charge in [-0.2, -0.15) is 0 Å². The number of halogens is 2. The first-order chi connectivity index (χ1) is 8.24. The summed E-state index contributed by atoms with van der Waals surface area (Å²) in [5, 5.41) is 0. The van der Waals surface area contributed by atoms with Gasteiger partial charge >= 0.3 is 0 Å². The Morgan fingerprint density at radius 2 is 1.00 bits per heavy atom. The van der Waals surface area contributed by atoms with Crippen molar-refractivity contribution >= 4 is 40.9 Å². The largest absolute Gasteiger partial charge is 0.441 e. The number of hydrogen-bond acceptors (Lipinski definition) is 2. The lowest BCUT2D eigenvalue weighted by Crippen LogP contribution is -1.84. The fourth-order valence-electron chi connectivity index (χ4n) is 1.12. The van der Waals surface area contributed by atoms with Crippen LogP contribution in [0.2, 0.25) is 0 Å². The molecule has 2 nitrogen and oxygen atoms in total. The molecule has 17 heavy (non-hydrogen) atoms. The Bertz CT molecular complexity index is 425. The molecule has 2 rings (SSSR count). The minimum Gasteiger partial charge on any atom is -0.441 e. The van der Waals surface area contributed by atoms with Gasteiger partial charge in [0.1, 0.15) is 11.5 Å². The molecule has 0 amide bonds. The summed E-state index contributed by atoms with van der Waals surface area (Å²) in [4.78, 5) is 0. The Morgan fingerprint density at radius 3 is 1.35 bits per heavy atom. The van der Waals surface area contributed by atoms with E-state index in [0.29, 0.717) is 0 Å². The Morgan fingerprint density at radius 1 is 0.647 bits per heavy atom. The van der Waals surface area contributed by atoms with Crippen LogP contribution in [-0.4, -0.2) is 0 Å². The summed E-state index contributed by atoms with van der Waals surface area (Å²) in [7, 11) is -0.0499. The van der Waals surface area contributed by atoms with Gasteiger partial charge in [-0.05, 0) is 48.5 Å². The molecule has 0 heterocycles. The van der Waals surface area contributed by atoms with E-state index < -0.39 is 0 Å². The van der Waals surface area contributed by atoms with Crippen molar-refractivity contribution in [2.24, 2.45) is 0 Å². The molecule has 0 saturated carbocycles. The van der Waals surface area contributed by atoms with Gasteiger partial charge in [0.2, 0.25) is 0 Å². The molecule has 0 bridgehead atoms. The van der Waals surface area contributed by atoms with Gasteiger partial charge in [-0.25, -0.2) is 0 Å². The van der Waals surface area contributed by atoms with E-state index in [1.807, 2.05) is 48.5 Å². The van der Waals surface area contributed by atoms with Crippen LogP contribution in [0.15, 0.2) is 57.5 Å². The summed E-state index contributed by atoms with van der Waals surface area (Å²) in [5.74, 6) is 1.59. The minimum absolute atomic E-state index is 0.0499. The molecule has 0 unspecified atom stereocenters. The van der Waals surface area contributed by atoms with Crippen molar-refractivity contribution in [3.05, 3.63) is 57.5 Å². The van der Waals surface area contributed by atoms with Gasteiger partial charge in [0.25, 0.3) is 9.03 Å². The number of rotatable bonds is 4. The molecule has 0 radical (unpaired) electrons. The Kier molecular flexibility index (Phi) is 4.84. The van der Waals surface area contributed by atoms with Gasteiger partial charge in [-0.15, -0.1) is 0 Å². The van der Waals surface area contributed by atoms with Crippen molar-refractivity contribution in [3.63, 3.8) is 0 Å². The van der Waals surface area contributed by atoms with Crippen molar-refractivity contribution in [1.29, 1.82) is 0 Å². The van der Waals surface area contributed by atoms with Gasteiger partial charge in [0, 0.05) is 8.95 Å². The molecule has 0 aromatic heterocycles. The second-order valence-electron chi connectivity index (χ2n) is 3.20. The smallest absolute Gasteiger partial charge is 0.275 e. The highest BCUT2D eigenvalue weighted by Crippen LogP contribution is 2.26. The zero-order valence-electron chi connectivity index (χ0n) is 8.69. The Balaban J connectivity index is 1.83. The Labute approximate surface area is 119 Å². The van der Waals surface area contributed by atoms with E-state index in [-0.39, 0.29) is 9.03 Å². The van der Waals surface area contributed by atoms with E-state index in [1.54, 1.807) is 0 Å². The van der Waals surface area contributed by atoms with Crippen molar-refractivity contribution in [3.8, 4) is 11.5 Å². The van der Waals surface area contributed by atoms with Crippen LogP contribution in [-0.2, 0) is 0 Å². The first-order valence-corrected chi connectivity index (χ1v) is 7.24. The summed E-state index contributed by atoms with van der Waals surface area (Å²) in [6.07, 6.45) is 0. The van der Waals surface area contributed by atoms with Gasteiger partial charge in [-0.3, -0.25) is 0 Å². The predicted molar refractivity (Wildman–Crippen MR) is 77.9 cm³/mol.